The monoisotopic (exact) mass is 539 g/mol. The van der Waals surface area contributed by atoms with Gasteiger partial charge in [-0.05, 0) is 44.1 Å². The Hall–Kier alpha value is -2.82. The number of unbranched alkanes of at least 4 members (excludes halogenated alkanes) is 1. The summed E-state index contributed by atoms with van der Waals surface area (Å²) in [5, 5.41) is 30.5. The fourth-order valence-electron chi connectivity index (χ4n) is 4.09. The minimum Gasteiger partial charge on any atom is -0.481 e. The number of carbonyl (C=O) groups is 4. The molecule has 0 heterocycles. The quantitative estimate of drug-likeness (QED) is 0.0785. The Morgan fingerprint density at radius 3 is 2.18 bits per heavy atom. The van der Waals surface area contributed by atoms with E-state index in [1.165, 1.54) is 20.3 Å². The molecule has 38 heavy (non-hydrogen) atoms. The minimum absolute atomic E-state index is 0.0361. The van der Waals surface area contributed by atoms with Crippen LogP contribution in [0.25, 0.3) is 0 Å². The van der Waals surface area contributed by atoms with Crippen molar-refractivity contribution in [3.8, 4) is 0 Å². The number of ketones is 1. The zero-order valence-corrected chi connectivity index (χ0v) is 23.2. The number of nitrogens with two attached hydrogens (primary N) is 1. The zero-order chi connectivity index (χ0) is 29.3. The third-order valence-electron chi connectivity index (χ3n) is 6.40. The van der Waals surface area contributed by atoms with Gasteiger partial charge in [0.1, 0.15) is 11.9 Å². The predicted octanol–water partition coefficient (Wildman–Crippen LogP) is 2.71. The van der Waals surface area contributed by atoms with Crippen molar-refractivity contribution in [2.45, 2.75) is 84.0 Å². The van der Waals surface area contributed by atoms with Crippen LogP contribution in [-0.2, 0) is 28.7 Å². The Morgan fingerprint density at radius 1 is 1.00 bits per heavy atom. The van der Waals surface area contributed by atoms with Crippen molar-refractivity contribution < 1.29 is 44.0 Å². The van der Waals surface area contributed by atoms with Gasteiger partial charge in [-0.3, -0.25) is 14.4 Å². The Kier molecular flexibility index (Phi) is 17.8. The van der Waals surface area contributed by atoms with Crippen molar-refractivity contribution >= 4 is 23.6 Å². The summed E-state index contributed by atoms with van der Waals surface area (Å²) < 4.78 is 9.90. The molecule has 0 aromatic heterocycles. The highest BCUT2D eigenvalue weighted by atomic mass is 16.5. The molecule has 0 fully saturated rings. The molecule has 0 saturated carbocycles. The lowest BCUT2D eigenvalue weighted by Gasteiger charge is -2.29. The molecule has 6 unspecified atom stereocenters. The smallest absolute Gasteiger partial charge is 0.330 e. The second-order valence-electron chi connectivity index (χ2n) is 9.62. The van der Waals surface area contributed by atoms with E-state index >= 15 is 0 Å². The molecule has 6 atom stereocenters. The highest BCUT2D eigenvalue weighted by Gasteiger charge is 2.29. The van der Waals surface area contributed by atoms with Crippen LogP contribution in [0.4, 0.5) is 0 Å². The number of allylic oxidation sites excluding steroid dienone is 3. The van der Waals surface area contributed by atoms with Crippen LogP contribution >= 0.6 is 0 Å². The lowest BCUT2D eigenvalue weighted by atomic mass is 9.87. The molecule has 0 aliphatic heterocycles. The number of aliphatic hydroxyl groups excluding tert-OH is 2. The normalized spacial score (nSPS) is 17.1. The molecule has 0 rings (SSSR count). The van der Waals surface area contributed by atoms with Gasteiger partial charge in [-0.25, -0.2) is 4.79 Å². The van der Waals surface area contributed by atoms with Crippen LogP contribution in [0.1, 0.15) is 65.7 Å². The molecule has 10 nitrogen and oxygen atoms in total. The van der Waals surface area contributed by atoms with E-state index in [4.69, 9.17) is 15.6 Å². The first-order valence-electron chi connectivity index (χ1n) is 12.8. The Morgan fingerprint density at radius 2 is 1.63 bits per heavy atom. The Bertz CT molecular complexity index is 833. The molecule has 1 amide bonds. The molecule has 10 heteroatoms. The fraction of sp³-hybridized carbons (Fsp3) is 0.643. The van der Waals surface area contributed by atoms with Crippen LogP contribution in [0.3, 0.4) is 0 Å². The molecular formula is C28H45NO9. The second kappa shape index (κ2) is 19.3. The number of primary amides is 1. The van der Waals surface area contributed by atoms with Crippen molar-refractivity contribution in [1.29, 1.82) is 0 Å². The lowest BCUT2D eigenvalue weighted by Crippen LogP contribution is -2.39. The molecule has 0 aromatic carbocycles. The van der Waals surface area contributed by atoms with Crippen molar-refractivity contribution in [2.75, 3.05) is 14.2 Å². The molecule has 0 aliphatic carbocycles. The topological polar surface area (TPSA) is 173 Å². The van der Waals surface area contributed by atoms with Crippen LogP contribution in [0.2, 0.25) is 0 Å². The van der Waals surface area contributed by atoms with Gasteiger partial charge in [0.15, 0.2) is 0 Å². The van der Waals surface area contributed by atoms with E-state index in [-0.39, 0.29) is 25.0 Å². The first-order valence-corrected chi connectivity index (χ1v) is 12.8. The summed E-state index contributed by atoms with van der Waals surface area (Å²) >= 11 is 0. The van der Waals surface area contributed by atoms with Gasteiger partial charge in [-0.15, -0.1) is 0 Å². The van der Waals surface area contributed by atoms with Crippen LogP contribution in [0.5, 0.6) is 0 Å². The van der Waals surface area contributed by atoms with Crippen LogP contribution < -0.4 is 5.73 Å². The molecule has 5 N–H and O–H groups in total. The summed E-state index contributed by atoms with van der Waals surface area (Å²) in [6, 6.07) is 0. The standard InChI is InChI=1S/C28H45NO9/c1-18(22(30)12-10-11-21(16-24(29)31)17-25(32)33)15-19(2)27(35)20(3)28(36)23(37-4)13-8-6-7-9-14-26(34)38-5/h8-9,13-15,18,20-21,23,27-28,35-36H,6-7,10-12,16-17H2,1-5H3,(H2,29,31)(H,32,33). The maximum atomic E-state index is 12.6. The van der Waals surface area contributed by atoms with Gasteiger partial charge < -0.3 is 30.5 Å². The molecule has 0 radical (unpaired) electrons. The van der Waals surface area contributed by atoms with Gasteiger partial charge in [0.2, 0.25) is 5.91 Å². The van der Waals surface area contributed by atoms with E-state index in [2.05, 4.69) is 4.74 Å². The fourth-order valence-corrected chi connectivity index (χ4v) is 4.09. The van der Waals surface area contributed by atoms with Crippen LogP contribution in [-0.4, -0.2) is 71.5 Å². The SMILES string of the molecule is COC(=O)C=CCCC=CC(OC)C(O)C(C)C(O)C(C)=CC(C)C(=O)CCCC(CC(N)=O)CC(=O)O. The van der Waals surface area contributed by atoms with Gasteiger partial charge in [0.05, 0.1) is 19.3 Å². The lowest BCUT2D eigenvalue weighted by molar-refractivity contribution is -0.138. The highest BCUT2D eigenvalue weighted by Crippen LogP contribution is 2.23. The number of aliphatic hydroxyl groups is 2. The maximum absolute atomic E-state index is 12.6. The number of esters is 1. The number of hydrogen-bond acceptors (Lipinski definition) is 8. The number of carboxylic acids is 1. The Labute approximate surface area is 225 Å². The third-order valence-corrected chi connectivity index (χ3v) is 6.40. The number of carbonyl (C=O) groups excluding carboxylic acids is 3. The molecular weight excluding hydrogens is 494 g/mol. The number of aliphatic carboxylic acids is 1. The van der Waals surface area contributed by atoms with Crippen molar-refractivity contribution in [3.05, 3.63) is 36.0 Å². The summed E-state index contributed by atoms with van der Waals surface area (Å²) in [4.78, 5) is 45.8. The molecule has 0 spiro atoms. The first-order chi connectivity index (χ1) is 17.8. The van der Waals surface area contributed by atoms with Gasteiger partial charge in [-0.2, -0.15) is 0 Å². The van der Waals surface area contributed by atoms with Gasteiger partial charge in [0, 0.05) is 44.3 Å². The number of hydrogen-bond donors (Lipinski definition) is 4. The number of Topliss-reactive ketones (excluding diaryl/α,β-unsaturated/α-hetero) is 1. The Balaban J connectivity index is 4.91. The van der Waals surface area contributed by atoms with Crippen LogP contribution in [0.15, 0.2) is 36.0 Å². The van der Waals surface area contributed by atoms with Crippen LogP contribution in [0, 0.1) is 17.8 Å². The van der Waals surface area contributed by atoms with E-state index in [0.717, 1.165) is 0 Å². The van der Waals surface area contributed by atoms with E-state index in [1.54, 1.807) is 39.0 Å². The van der Waals surface area contributed by atoms with Crippen molar-refractivity contribution in [1.82, 2.24) is 0 Å². The summed E-state index contributed by atoms with van der Waals surface area (Å²) in [5.41, 5.74) is 5.73. The molecule has 216 valence electrons. The highest BCUT2D eigenvalue weighted by molar-refractivity contribution is 5.82. The molecule has 0 bridgehead atoms. The number of carboxylic acid groups (broad SMARTS) is 1. The summed E-state index contributed by atoms with van der Waals surface area (Å²) in [5.74, 6) is -3.57. The summed E-state index contributed by atoms with van der Waals surface area (Å²) in [6.45, 7) is 5.10. The number of ether oxygens (including phenoxy) is 2. The number of amides is 1. The van der Waals surface area contributed by atoms with Gasteiger partial charge >= 0.3 is 11.9 Å². The average molecular weight is 540 g/mol. The van der Waals surface area contributed by atoms with E-state index in [1.807, 2.05) is 6.08 Å². The predicted molar refractivity (Wildman–Crippen MR) is 143 cm³/mol. The molecule has 0 aromatic rings. The zero-order valence-electron chi connectivity index (χ0n) is 23.2. The number of rotatable bonds is 20. The van der Waals surface area contributed by atoms with E-state index < -0.39 is 53.9 Å². The third kappa shape index (κ3) is 14.8. The largest absolute Gasteiger partial charge is 0.481 e. The minimum atomic E-state index is -1.02. The first kappa shape index (κ1) is 35.2. The molecule has 0 saturated heterocycles. The average Bonchev–Trinajstić information content (AvgIpc) is 2.85. The summed E-state index contributed by atoms with van der Waals surface area (Å²) in [6.07, 6.45) is 7.60. The molecule has 0 aliphatic rings. The van der Waals surface area contributed by atoms with E-state index in [9.17, 15) is 29.4 Å². The van der Waals surface area contributed by atoms with Crippen molar-refractivity contribution in [3.63, 3.8) is 0 Å². The maximum Gasteiger partial charge on any atom is 0.330 e. The van der Waals surface area contributed by atoms with Crippen molar-refractivity contribution in [2.24, 2.45) is 23.5 Å². The second-order valence-corrected chi connectivity index (χ2v) is 9.62. The number of methoxy groups -OCH3 is 2. The van der Waals surface area contributed by atoms with Gasteiger partial charge in [-0.1, -0.05) is 38.2 Å². The van der Waals surface area contributed by atoms with Gasteiger partial charge in [0.25, 0.3) is 0 Å². The van der Waals surface area contributed by atoms with E-state index in [0.29, 0.717) is 31.3 Å². The summed E-state index contributed by atoms with van der Waals surface area (Å²) in [7, 11) is 2.77.